The Morgan fingerprint density at radius 3 is 1.18 bits per heavy atom. The molecule has 0 atom stereocenters. The summed E-state index contributed by atoms with van der Waals surface area (Å²) in [5, 5.41) is 9.80. The van der Waals surface area contributed by atoms with Gasteiger partial charge in [-0.2, -0.15) is 10.2 Å². The molecule has 0 aliphatic heterocycles. The van der Waals surface area contributed by atoms with Gasteiger partial charge in [-0.15, -0.1) is 0 Å². The van der Waals surface area contributed by atoms with Crippen LogP contribution in [-0.2, 0) is 0 Å². The van der Waals surface area contributed by atoms with Gasteiger partial charge in [0, 0.05) is 10.8 Å². The van der Waals surface area contributed by atoms with Gasteiger partial charge in [0.15, 0.2) is 0 Å². The second-order valence-electron chi connectivity index (χ2n) is 4.85. The molecule has 0 bridgehead atoms. The van der Waals surface area contributed by atoms with Crippen molar-refractivity contribution in [3.05, 3.63) is 97.3 Å². The molecule has 0 aliphatic carbocycles. The lowest BCUT2D eigenvalue weighted by Crippen LogP contribution is -1.77. The summed E-state index contributed by atoms with van der Waals surface area (Å²) in [5.74, 6) is 0. The van der Waals surface area contributed by atoms with Crippen molar-refractivity contribution in [1.29, 1.82) is 0 Å². The van der Waals surface area contributed by atoms with Crippen molar-refractivity contribution in [2.45, 2.75) is 0 Å². The highest BCUT2D eigenvalue weighted by Crippen LogP contribution is 2.17. The van der Waals surface area contributed by atoms with Crippen LogP contribution in [0.25, 0.3) is 21.9 Å². The zero-order valence-corrected chi connectivity index (χ0v) is 12.1. The first kappa shape index (κ1) is 14.0. The fourth-order valence-electron chi connectivity index (χ4n) is 2.20. The van der Waals surface area contributed by atoms with Gasteiger partial charge in [-0.1, -0.05) is 84.9 Å². The summed E-state index contributed by atoms with van der Waals surface area (Å²) in [4.78, 5) is 0. The number of hydrogen-bond acceptors (Lipinski definition) is 2. The predicted molar refractivity (Wildman–Crippen MR) is 91.4 cm³/mol. The molecular formula is C20H16N2. The van der Waals surface area contributed by atoms with Crippen molar-refractivity contribution in [3.63, 3.8) is 0 Å². The van der Waals surface area contributed by atoms with E-state index in [1.165, 1.54) is 11.1 Å². The number of aromatic nitrogens is 2. The van der Waals surface area contributed by atoms with Crippen LogP contribution in [0.4, 0.5) is 0 Å². The summed E-state index contributed by atoms with van der Waals surface area (Å²) >= 11 is 0. The molecule has 1 aromatic heterocycles. The predicted octanol–water partition coefficient (Wildman–Crippen LogP) is 4.98. The van der Waals surface area contributed by atoms with E-state index in [4.69, 9.17) is 0 Å². The number of rotatable bonds is 1. The Hall–Kier alpha value is -3.00. The molecule has 1 heterocycles. The minimum atomic E-state index is 1.14. The van der Waals surface area contributed by atoms with Crippen molar-refractivity contribution in [2.24, 2.45) is 0 Å². The minimum Gasteiger partial charge on any atom is -0.158 e. The van der Waals surface area contributed by atoms with Crippen LogP contribution in [-0.4, -0.2) is 10.2 Å². The molecule has 0 radical (unpaired) electrons. The maximum absolute atomic E-state index is 3.76. The lowest BCUT2D eigenvalue weighted by molar-refractivity contribution is 1.05. The largest absolute Gasteiger partial charge is 0.158 e. The smallest absolute Gasteiger partial charge is 0.0574 e. The first-order chi connectivity index (χ1) is 10.9. The molecule has 106 valence electrons. The van der Waals surface area contributed by atoms with E-state index >= 15 is 0 Å². The van der Waals surface area contributed by atoms with Gasteiger partial charge in [0.25, 0.3) is 0 Å². The molecule has 0 unspecified atom stereocenters. The van der Waals surface area contributed by atoms with E-state index in [2.05, 4.69) is 58.7 Å². The van der Waals surface area contributed by atoms with Crippen LogP contribution in [0.15, 0.2) is 97.3 Å². The Kier molecular flexibility index (Phi) is 4.53. The quantitative estimate of drug-likeness (QED) is 0.492. The van der Waals surface area contributed by atoms with E-state index in [-0.39, 0.29) is 0 Å². The van der Waals surface area contributed by atoms with E-state index < -0.39 is 0 Å². The maximum Gasteiger partial charge on any atom is 0.0574 e. The molecule has 0 spiro atoms. The van der Waals surface area contributed by atoms with Gasteiger partial charge in [0.05, 0.1) is 12.4 Å². The molecule has 22 heavy (non-hydrogen) atoms. The van der Waals surface area contributed by atoms with Gasteiger partial charge in [-0.05, 0) is 11.1 Å². The van der Waals surface area contributed by atoms with Gasteiger partial charge >= 0.3 is 0 Å². The van der Waals surface area contributed by atoms with Crippen LogP contribution >= 0.6 is 0 Å². The number of fused-ring (bicyclic) bond motifs is 1. The highest BCUT2D eigenvalue weighted by atomic mass is 15.1. The molecule has 0 saturated heterocycles. The van der Waals surface area contributed by atoms with Crippen molar-refractivity contribution >= 4 is 10.8 Å². The zero-order chi connectivity index (χ0) is 15.0. The van der Waals surface area contributed by atoms with Crippen LogP contribution in [0.3, 0.4) is 0 Å². The molecule has 2 heteroatoms. The fourth-order valence-corrected chi connectivity index (χ4v) is 2.20. The SMILES string of the molecule is c1ccc(-c2ccccc2)cc1.c1ccc2cnncc2c1. The second kappa shape index (κ2) is 7.14. The van der Waals surface area contributed by atoms with E-state index in [0.717, 1.165) is 10.8 Å². The van der Waals surface area contributed by atoms with Crippen molar-refractivity contribution < 1.29 is 0 Å². The fraction of sp³-hybridized carbons (Fsp3) is 0. The molecule has 0 aliphatic rings. The Balaban J connectivity index is 0.000000133. The van der Waals surface area contributed by atoms with E-state index in [9.17, 15) is 0 Å². The number of nitrogens with zero attached hydrogens (tertiary/aromatic N) is 2. The van der Waals surface area contributed by atoms with Crippen LogP contribution in [0.2, 0.25) is 0 Å². The lowest BCUT2D eigenvalue weighted by Gasteiger charge is -1.98. The van der Waals surface area contributed by atoms with Gasteiger partial charge in [0.2, 0.25) is 0 Å². The third-order valence-electron chi connectivity index (χ3n) is 3.34. The highest BCUT2D eigenvalue weighted by molar-refractivity contribution is 5.80. The minimum absolute atomic E-state index is 1.14. The highest BCUT2D eigenvalue weighted by Gasteiger charge is 1.91. The molecule has 2 nitrogen and oxygen atoms in total. The molecule has 0 amide bonds. The van der Waals surface area contributed by atoms with Crippen LogP contribution in [0.5, 0.6) is 0 Å². The van der Waals surface area contributed by atoms with E-state index in [0.29, 0.717) is 0 Å². The molecule has 0 N–H and O–H groups in total. The molecular weight excluding hydrogens is 268 g/mol. The normalized spacial score (nSPS) is 9.82. The summed E-state index contributed by atoms with van der Waals surface area (Å²) in [7, 11) is 0. The molecule has 0 saturated carbocycles. The van der Waals surface area contributed by atoms with Gasteiger partial charge in [-0.3, -0.25) is 0 Å². The van der Waals surface area contributed by atoms with Crippen LogP contribution in [0.1, 0.15) is 0 Å². The third kappa shape index (κ3) is 3.55. The monoisotopic (exact) mass is 284 g/mol. The first-order valence-corrected chi connectivity index (χ1v) is 7.19. The summed E-state index contributed by atoms with van der Waals surface area (Å²) in [5.41, 5.74) is 2.55. The number of benzene rings is 3. The molecule has 4 rings (SSSR count). The summed E-state index contributed by atoms with van der Waals surface area (Å²) < 4.78 is 0. The second-order valence-corrected chi connectivity index (χ2v) is 4.85. The summed E-state index contributed by atoms with van der Waals surface area (Å²) in [6, 6.07) is 28.8. The topological polar surface area (TPSA) is 25.8 Å². The van der Waals surface area contributed by atoms with Crippen molar-refractivity contribution in [2.75, 3.05) is 0 Å². The molecule has 4 aromatic rings. The van der Waals surface area contributed by atoms with E-state index in [1.54, 1.807) is 12.4 Å². The Morgan fingerprint density at radius 1 is 0.409 bits per heavy atom. The van der Waals surface area contributed by atoms with Gasteiger partial charge in [0.1, 0.15) is 0 Å². The van der Waals surface area contributed by atoms with E-state index in [1.807, 2.05) is 36.4 Å². The van der Waals surface area contributed by atoms with Gasteiger partial charge in [-0.25, -0.2) is 0 Å². The van der Waals surface area contributed by atoms with Gasteiger partial charge < -0.3 is 0 Å². The average Bonchev–Trinajstić information content (AvgIpc) is 2.64. The Bertz CT molecular complexity index is 724. The first-order valence-electron chi connectivity index (χ1n) is 7.19. The van der Waals surface area contributed by atoms with Crippen molar-refractivity contribution in [1.82, 2.24) is 10.2 Å². The standard InChI is InChI=1S/C12H10.C8H6N2/c1-3-7-11(8-4-1)12-9-5-2-6-10-12;1-2-4-8-6-10-9-5-7(8)3-1/h1-10H;1-6H. The molecule has 0 fully saturated rings. The Morgan fingerprint density at radius 2 is 0.773 bits per heavy atom. The maximum atomic E-state index is 3.76. The number of hydrogen-bond donors (Lipinski definition) is 0. The lowest BCUT2D eigenvalue weighted by atomic mass is 10.1. The summed E-state index contributed by atoms with van der Waals surface area (Å²) in [6.45, 7) is 0. The Labute approximate surface area is 130 Å². The van der Waals surface area contributed by atoms with Crippen LogP contribution < -0.4 is 0 Å². The third-order valence-corrected chi connectivity index (χ3v) is 3.34. The average molecular weight is 284 g/mol. The zero-order valence-electron chi connectivity index (χ0n) is 12.1. The van der Waals surface area contributed by atoms with Crippen molar-refractivity contribution in [3.8, 4) is 11.1 Å². The van der Waals surface area contributed by atoms with Crippen LogP contribution in [0, 0.1) is 0 Å². The molecule has 3 aromatic carbocycles. The summed E-state index contributed by atoms with van der Waals surface area (Å²) in [6.07, 6.45) is 3.52.